The predicted molar refractivity (Wildman–Crippen MR) is 112 cm³/mol. The average Bonchev–Trinajstić information content (AvgIpc) is 2.79. The minimum Gasteiger partial charge on any atom is -0.497 e. The molecule has 1 amide bonds. The number of methoxy groups -OCH3 is 1. The Morgan fingerprint density at radius 3 is 2.58 bits per heavy atom. The van der Waals surface area contributed by atoms with Crippen molar-refractivity contribution in [3.63, 3.8) is 0 Å². The molecule has 0 spiro atoms. The first-order valence-electron chi connectivity index (χ1n) is 9.58. The Bertz CT molecular complexity index is 1190. The van der Waals surface area contributed by atoms with Gasteiger partial charge in [-0.15, -0.1) is 0 Å². The number of esters is 1. The van der Waals surface area contributed by atoms with Gasteiger partial charge in [-0.25, -0.2) is 9.18 Å². The second kappa shape index (κ2) is 8.72. The highest BCUT2D eigenvalue weighted by atomic mass is 19.1. The van der Waals surface area contributed by atoms with Crippen molar-refractivity contribution < 1.29 is 23.5 Å². The fraction of sp³-hybridized carbons (Fsp3) is 0.120. The number of hydrogen-bond acceptors (Lipinski definition) is 4. The van der Waals surface area contributed by atoms with Crippen molar-refractivity contribution in [2.24, 2.45) is 0 Å². The van der Waals surface area contributed by atoms with Crippen molar-refractivity contribution in [1.29, 1.82) is 0 Å². The number of hydrogen-bond donors (Lipinski definition) is 1. The largest absolute Gasteiger partial charge is 0.497 e. The van der Waals surface area contributed by atoms with Crippen LogP contribution in [-0.4, -0.2) is 25.0 Å². The molecule has 154 valence electrons. The van der Waals surface area contributed by atoms with Crippen molar-refractivity contribution in [3.05, 3.63) is 95.3 Å². The third kappa shape index (κ3) is 4.41. The van der Waals surface area contributed by atoms with Gasteiger partial charge in [-0.3, -0.25) is 4.79 Å². The maximum Gasteiger partial charge on any atom is 0.335 e. The summed E-state index contributed by atoms with van der Waals surface area (Å²) in [7, 11) is 1.53. The monoisotopic (exact) mass is 415 g/mol. The molecule has 0 fully saturated rings. The Hall–Kier alpha value is -4.11. The Morgan fingerprint density at radius 1 is 1.06 bits per heavy atom. The molecular weight excluding hydrogens is 397 g/mol. The normalized spacial score (nSPS) is 16.9. The van der Waals surface area contributed by atoms with E-state index in [4.69, 9.17) is 9.47 Å². The lowest BCUT2D eigenvalue weighted by Crippen LogP contribution is -2.49. The lowest BCUT2D eigenvalue weighted by Gasteiger charge is -2.29. The van der Waals surface area contributed by atoms with Crippen LogP contribution >= 0.6 is 0 Å². The number of carbonyl (C=O) groups is 2. The summed E-state index contributed by atoms with van der Waals surface area (Å²) >= 11 is 0. The van der Waals surface area contributed by atoms with E-state index in [9.17, 15) is 14.0 Å². The van der Waals surface area contributed by atoms with Gasteiger partial charge < -0.3 is 14.8 Å². The van der Waals surface area contributed by atoms with Gasteiger partial charge in [-0.1, -0.05) is 36.1 Å². The topological polar surface area (TPSA) is 64.6 Å². The third-order valence-electron chi connectivity index (χ3n) is 4.89. The first kappa shape index (κ1) is 20.2. The third-order valence-corrected chi connectivity index (χ3v) is 4.89. The molecule has 6 heteroatoms. The number of rotatable bonds is 3. The molecule has 2 atom stereocenters. The zero-order valence-corrected chi connectivity index (χ0v) is 16.6. The van der Waals surface area contributed by atoms with E-state index in [0.717, 1.165) is 0 Å². The van der Waals surface area contributed by atoms with Gasteiger partial charge in [0.05, 0.1) is 13.0 Å². The van der Waals surface area contributed by atoms with E-state index in [1.54, 1.807) is 60.7 Å². The molecular formula is C25H18FNO4. The first-order chi connectivity index (χ1) is 15.0. The van der Waals surface area contributed by atoms with Gasteiger partial charge in [0.1, 0.15) is 23.4 Å². The van der Waals surface area contributed by atoms with E-state index < -0.39 is 29.7 Å². The Kier molecular flexibility index (Phi) is 5.67. The summed E-state index contributed by atoms with van der Waals surface area (Å²) in [6.07, 6.45) is 0. The van der Waals surface area contributed by atoms with Crippen LogP contribution in [0.15, 0.2) is 72.8 Å². The standard InChI is InChI=1S/C25H18FNO4/c1-30-19-12-10-17(11-13-19)24(28)27-23-21(14-9-16-5-4-6-18(26)15-16)20-7-2-3-8-22(20)31-25(23)29/h2-8,10-13,15,21,23H,1H3,(H,27,28)/t21-,23-/m1/s1. The fourth-order valence-corrected chi connectivity index (χ4v) is 3.32. The molecule has 3 aromatic rings. The molecule has 0 bridgehead atoms. The van der Waals surface area contributed by atoms with Gasteiger partial charge in [0, 0.05) is 16.7 Å². The van der Waals surface area contributed by atoms with Crippen molar-refractivity contribution in [2.45, 2.75) is 12.0 Å². The lowest BCUT2D eigenvalue weighted by molar-refractivity contribution is -0.137. The second-order valence-electron chi connectivity index (χ2n) is 6.90. The maximum atomic E-state index is 13.5. The van der Waals surface area contributed by atoms with Crippen LogP contribution in [0.2, 0.25) is 0 Å². The molecule has 0 unspecified atom stereocenters. The lowest BCUT2D eigenvalue weighted by atomic mass is 9.88. The smallest absolute Gasteiger partial charge is 0.335 e. The molecule has 0 saturated carbocycles. The van der Waals surface area contributed by atoms with Gasteiger partial charge in [0.15, 0.2) is 0 Å². The van der Waals surface area contributed by atoms with E-state index >= 15 is 0 Å². The van der Waals surface area contributed by atoms with Crippen molar-refractivity contribution in [3.8, 4) is 23.3 Å². The van der Waals surface area contributed by atoms with Gasteiger partial charge in [-0.2, -0.15) is 0 Å². The van der Waals surface area contributed by atoms with E-state index in [2.05, 4.69) is 17.2 Å². The van der Waals surface area contributed by atoms with Crippen LogP contribution in [0.5, 0.6) is 11.5 Å². The average molecular weight is 415 g/mol. The minimum absolute atomic E-state index is 0.365. The van der Waals surface area contributed by atoms with E-state index in [1.807, 2.05) is 0 Å². The van der Waals surface area contributed by atoms with E-state index in [1.165, 1.54) is 19.2 Å². The Morgan fingerprint density at radius 2 is 1.84 bits per heavy atom. The molecule has 1 N–H and O–H groups in total. The zero-order valence-electron chi connectivity index (χ0n) is 16.6. The summed E-state index contributed by atoms with van der Waals surface area (Å²) in [5, 5.41) is 2.73. The summed E-state index contributed by atoms with van der Waals surface area (Å²) in [5.74, 6) is 4.81. The molecule has 0 saturated heterocycles. The summed E-state index contributed by atoms with van der Waals surface area (Å²) < 4.78 is 24.0. The number of halogens is 1. The summed E-state index contributed by atoms with van der Waals surface area (Å²) in [6.45, 7) is 0. The van der Waals surface area contributed by atoms with Gasteiger partial charge in [-0.05, 0) is 48.5 Å². The van der Waals surface area contributed by atoms with Gasteiger partial charge >= 0.3 is 5.97 Å². The molecule has 0 aliphatic carbocycles. The Balaban J connectivity index is 1.67. The zero-order chi connectivity index (χ0) is 21.8. The summed E-state index contributed by atoms with van der Waals surface area (Å²) in [4.78, 5) is 25.5. The molecule has 1 aliphatic rings. The van der Waals surface area contributed by atoms with Gasteiger partial charge in [0.2, 0.25) is 0 Å². The molecule has 0 aromatic heterocycles. The first-order valence-corrected chi connectivity index (χ1v) is 9.58. The van der Waals surface area contributed by atoms with E-state index in [0.29, 0.717) is 28.2 Å². The highest BCUT2D eigenvalue weighted by molar-refractivity contribution is 5.98. The molecule has 5 nitrogen and oxygen atoms in total. The number of nitrogens with one attached hydrogen (secondary N) is 1. The molecule has 31 heavy (non-hydrogen) atoms. The predicted octanol–water partition coefficient (Wildman–Crippen LogP) is 3.69. The van der Waals surface area contributed by atoms with Crippen LogP contribution in [0.4, 0.5) is 4.39 Å². The number of para-hydroxylation sites is 1. The minimum atomic E-state index is -1.02. The number of amides is 1. The summed E-state index contributed by atoms with van der Waals surface area (Å²) in [6, 6.07) is 18.4. The van der Waals surface area contributed by atoms with Crippen molar-refractivity contribution in [2.75, 3.05) is 7.11 Å². The molecule has 0 radical (unpaired) electrons. The molecule has 1 aliphatic heterocycles. The van der Waals surface area contributed by atoms with E-state index in [-0.39, 0.29) is 0 Å². The summed E-state index contributed by atoms with van der Waals surface area (Å²) in [5.41, 5.74) is 1.51. The van der Waals surface area contributed by atoms with Gasteiger partial charge in [0.25, 0.3) is 5.91 Å². The van der Waals surface area contributed by atoms with Crippen molar-refractivity contribution >= 4 is 11.9 Å². The number of fused-ring (bicyclic) bond motifs is 1. The molecule has 3 aromatic carbocycles. The SMILES string of the molecule is COc1ccc(C(=O)N[C@H]2C(=O)Oc3ccccc3[C@H]2C#Cc2cccc(F)c2)cc1. The van der Waals surface area contributed by atoms with Crippen LogP contribution in [-0.2, 0) is 4.79 Å². The van der Waals surface area contributed by atoms with Crippen LogP contribution in [0.25, 0.3) is 0 Å². The number of benzene rings is 3. The maximum absolute atomic E-state index is 13.5. The van der Waals surface area contributed by atoms with Crippen LogP contribution in [0.3, 0.4) is 0 Å². The second-order valence-corrected chi connectivity index (χ2v) is 6.90. The highest BCUT2D eigenvalue weighted by Crippen LogP contribution is 2.34. The molecule has 4 rings (SSSR count). The molecule has 1 heterocycles. The van der Waals surface area contributed by atoms with Crippen LogP contribution < -0.4 is 14.8 Å². The number of ether oxygens (including phenoxy) is 2. The van der Waals surface area contributed by atoms with Crippen LogP contribution in [0, 0.1) is 17.7 Å². The Labute approximate surface area is 178 Å². The fourth-order valence-electron chi connectivity index (χ4n) is 3.32. The van der Waals surface area contributed by atoms with Crippen molar-refractivity contribution in [1.82, 2.24) is 5.32 Å². The quantitative estimate of drug-likeness (QED) is 0.403. The number of carbonyl (C=O) groups excluding carboxylic acids is 2. The highest BCUT2D eigenvalue weighted by Gasteiger charge is 2.38. The van der Waals surface area contributed by atoms with Crippen LogP contribution in [0.1, 0.15) is 27.4 Å².